The van der Waals surface area contributed by atoms with Crippen LogP contribution in [0.1, 0.15) is 25.7 Å². The molecule has 2 aliphatic heterocycles. The quantitative estimate of drug-likeness (QED) is 0.631. The SMILES string of the molecule is O=C(O)C1(CSc2ccc(Oc3ccc(Cl)cc3)cc2)CC2CCC(C1)O2. The number of hydrogen-bond acceptors (Lipinski definition) is 4. The first-order valence-electron chi connectivity index (χ1n) is 9.08. The van der Waals surface area contributed by atoms with E-state index in [0.29, 0.717) is 23.6 Å². The molecule has 2 aliphatic rings. The van der Waals surface area contributed by atoms with E-state index in [1.807, 2.05) is 36.4 Å². The second kappa shape index (κ2) is 7.74. The van der Waals surface area contributed by atoms with Gasteiger partial charge in [0.25, 0.3) is 0 Å². The Morgan fingerprint density at radius 3 is 2.19 bits per heavy atom. The van der Waals surface area contributed by atoms with Crippen LogP contribution in [-0.4, -0.2) is 29.0 Å². The summed E-state index contributed by atoms with van der Waals surface area (Å²) in [7, 11) is 0. The second-order valence-electron chi connectivity index (χ2n) is 7.27. The number of benzene rings is 2. The lowest BCUT2D eigenvalue weighted by Crippen LogP contribution is -2.43. The molecule has 2 heterocycles. The van der Waals surface area contributed by atoms with E-state index in [1.165, 1.54) is 0 Å². The van der Waals surface area contributed by atoms with Crippen molar-refractivity contribution in [1.29, 1.82) is 0 Å². The van der Waals surface area contributed by atoms with Crippen LogP contribution < -0.4 is 4.74 Å². The molecular formula is C21H21ClO4S. The Morgan fingerprint density at radius 2 is 1.63 bits per heavy atom. The van der Waals surface area contributed by atoms with E-state index in [0.717, 1.165) is 29.2 Å². The highest BCUT2D eigenvalue weighted by Crippen LogP contribution is 2.46. The van der Waals surface area contributed by atoms with Gasteiger partial charge in [-0.25, -0.2) is 0 Å². The Hall–Kier alpha value is -1.69. The van der Waals surface area contributed by atoms with E-state index >= 15 is 0 Å². The van der Waals surface area contributed by atoms with Crippen molar-refractivity contribution in [2.75, 3.05) is 5.75 Å². The van der Waals surface area contributed by atoms with Gasteiger partial charge in [0, 0.05) is 15.7 Å². The molecule has 2 fully saturated rings. The molecule has 2 atom stereocenters. The molecule has 0 spiro atoms. The topological polar surface area (TPSA) is 55.8 Å². The third-order valence-corrected chi connectivity index (χ3v) is 6.83. The first-order chi connectivity index (χ1) is 13.0. The lowest BCUT2D eigenvalue weighted by molar-refractivity contribution is -0.157. The lowest BCUT2D eigenvalue weighted by Gasteiger charge is -2.37. The monoisotopic (exact) mass is 404 g/mol. The molecule has 4 rings (SSSR count). The van der Waals surface area contributed by atoms with Gasteiger partial charge in [-0.05, 0) is 74.2 Å². The van der Waals surface area contributed by atoms with Crippen LogP contribution in [-0.2, 0) is 9.53 Å². The molecule has 0 radical (unpaired) electrons. The summed E-state index contributed by atoms with van der Waals surface area (Å²) in [6, 6.07) is 15.0. The number of carbonyl (C=O) groups is 1. The van der Waals surface area contributed by atoms with E-state index in [1.54, 1.807) is 23.9 Å². The molecule has 0 amide bonds. The smallest absolute Gasteiger partial charge is 0.310 e. The Balaban J connectivity index is 1.39. The van der Waals surface area contributed by atoms with E-state index in [2.05, 4.69) is 0 Å². The fraction of sp³-hybridized carbons (Fsp3) is 0.381. The minimum absolute atomic E-state index is 0.107. The summed E-state index contributed by atoms with van der Waals surface area (Å²) in [5, 5.41) is 10.5. The van der Waals surface area contributed by atoms with Crippen molar-refractivity contribution in [3.63, 3.8) is 0 Å². The van der Waals surface area contributed by atoms with Crippen molar-refractivity contribution in [2.45, 2.75) is 42.8 Å². The van der Waals surface area contributed by atoms with E-state index in [4.69, 9.17) is 21.1 Å². The first kappa shape index (κ1) is 18.7. The van der Waals surface area contributed by atoms with Gasteiger partial charge >= 0.3 is 5.97 Å². The van der Waals surface area contributed by atoms with Gasteiger partial charge in [-0.1, -0.05) is 11.6 Å². The molecule has 0 aliphatic carbocycles. The number of carboxylic acids is 1. The van der Waals surface area contributed by atoms with Crippen LogP contribution in [0.25, 0.3) is 0 Å². The Morgan fingerprint density at radius 1 is 1.07 bits per heavy atom. The van der Waals surface area contributed by atoms with Gasteiger partial charge in [-0.3, -0.25) is 4.79 Å². The summed E-state index contributed by atoms with van der Waals surface area (Å²) < 4.78 is 11.6. The molecule has 6 heteroatoms. The van der Waals surface area contributed by atoms with Crippen LogP contribution in [0.4, 0.5) is 0 Å². The zero-order valence-corrected chi connectivity index (χ0v) is 16.3. The fourth-order valence-corrected chi connectivity index (χ4v) is 5.11. The average molecular weight is 405 g/mol. The number of halogens is 1. The van der Waals surface area contributed by atoms with Crippen LogP contribution in [0.3, 0.4) is 0 Å². The van der Waals surface area contributed by atoms with Crippen LogP contribution in [0.5, 0.6) is 11.5 Å². The minimum Gasteiger partial charge on any atom is -0.481 e. The zero-order chi connectivity index (χ0) is 18.9. The van der Waals surface area contributed by atoms with Crippen molar-refractivity contribution in [3.8, 4) is 11.5 Å². The average Bonchev–Trinajstić information content (AvgIpc) is 3.01. The van der Waals surface area contributed by atoms with E-state index in [9.17, 15) is 9.90 Å². The molecule has 142 valence electrons. The molecule has 1 N–H and O–H groups in total. The number of carboxylic acid groups (broad SMARTS) is 1. The summed E-state index contributed by atoms with van der Waals surface area (Å²) in [5.41, 5.74) is -0.687. The highest BCUT2D eigenvalue weighted by atomic mass is 35.5. The summed E-state index contributed by atoms with van der Waals surface area (Å²) >= 11 is 7.48. The molecular weight excluding hydrogens is 384 g/mol. The van der Waals surface area contributed by atoms with Gasteiger partial charge in [0.1, 0.15) is 11.5 Å². The fourth-order valence-electron chi connectivity index (χ4n) is 3.85. The Kier molecular flexibility index (Phi) is 5.35. The largest absolute Gasteiger partial charge is 0.481 e. The molecule has 4 nitrogen and oxygen atoms in total. The lowest BCUT2D eigenvalue weighted by atomic mass is 9.79. The molecule has 0 saturated carbocycles. The molecule has 2 aromatic carbocycles. The van der Waals surface area contributed by atoms with E-state index < -0.39 is 11.4 Å². The maximum atomic E-state index is 12.0. The van der Waals surface area contributed by atoms with Gasteiger partial charge in [0.2, 0.25) is 0 Å². The maximum absolute atomic E-state index is 12.0. The number of ether oxygens (including phenoxy) is 2. The van der Waals surface area contributed by atoms with Gasteiger partial charge in [0.05, 0.1) is 17.6 Å². The van der Waals surface area contributed by atoms with Gasteiger partial charge < -0.3 is 14.6 Å². The number of thioether (sulfide) groups is 1. The zero-order valence-electron chi connectivity index (χ0n) is 14.8. The van der Waals surface area contributed by atoms with Gasteiger partial charge in [-0.15, -0.1) is 11.8 Å². The number of fused-ring (bicyclic) bond motifs is 2. The minimum atomic E-state index is -0.696. The van der Waals surface area contributed by atoms with Crippen molar-refractivity contribution in [1.82, 2.24) is 0 Å². The molecule has 2 saturated heterocycles. The van der Waals surface area contributed by atoms with Crippen molar-refractivity contribution in [3.05, 3.63) is 53.6 Å². The molecule has 27 heavy (non-hydrogen) atoms. The molecule has 2 unspecified atom stereocenters. The van der Waals surface area contributed by atoms with Crippen molar-refractivity contribution < 1.29 is 19.4 Å². The second-order valence-corrected chi connectivity index (χ2v) is 8.75. The molecule has 2 bridgehead atoms. The summed E-state index contributed by atoms with van der Waals surface area (Å²) in [6.07, 6.45) is 3.42. The molecule has 2 aromatic rings. The summed E-state index contributed by atoms with van der Waals surface area (Å²) in [5.74, 6) is 1.33. The molecule has 0 aromatic heterocycles. The highest BCUT2D eigenvalue weighted by Gasteiger charge is 2.49. The van der Waals surface area contributed by atoms with Gasteiger partial charge in [0.15, 0.2) is 0 Å². The standard InChI is InChI=1S/C21H21ClO4S/c22-14-1-3-15(4-2-14)25-16-7-9-19(10-8-16)27-13-21(20(23)24)11-17-5-6-18(12-21)26-17/h1-4,7-10,17-18H,5-6,11-13H2,(H,23,24). The maximum Gasteiger partial charge on any atom is 0.310 e. The van der Waals surface area contributed by atoms with Crippen LogP contribution in [0, 0.1) is 5.41 Å². The predicted octanol–water partition coefficient (Wildman–Crippen LogP) is 5.64. The Bertz CT molecular complexity index is 794. The van der Waals surface area contributed by atoms with E-state index in [-0.39, 0.29) is 12.2 Å². The van der Waals surface area contributed by atoms with Crippen LogP contribution in [0.15, 0.2) is 53.4 Å². The number of aliphatic carboxylic acids is 1. The van der Waals surface area contributed by atoms with Crippen molar-refractivity contribution in [2.24, 2.45) is 5.41 Å². The third kappa shape index (κ3) is 4.26. The number of rotatable bonds is 6. The van der Waals surface area contributed by atoms with Gasteiger partial charge in [-0.2, -0.15) is 0 Å². The van der Waals surface area contributed by atoms with Crippen molar-refractivity contribution >= 4 is 29.3 Å². The highest BCUT2D eigenvalue weighted by molar-refractivity contribution is 7.99. The Labute approximate surface area is 167 Å². The third-order valence-electron chi connectivity index (χ3n) is 5.27. The first-order valence-corrected chi connectivity index (χ1v) is 10.4. The predicted molar refractivity (Wildman–Crippen MR) is 106 cm³/mol. The normalized spacial score (nSPS) is 26.7. The summed E-state index contributed by atoms with van der Waals surface area (Å²) in [6.45, 7) is 0. The van der Waals surface area contributed by atoms with Crippen LogP contribution in [0.2, 0.25) is 5.02 Å². The summed E-state index contributed by atoms with van der Waals surface area (Å²) in [4.78, 5) is 13.0. The number of hydrogen-bond donors (Lipinski definition) is 1. The van der Waals surface area contributed by atoms with Crippen LogP contribution >= 0.6 is 23.4 Å².